The second-order valence-corrected chi connectivity index (χ2v) is 5.19. The number of nitrogens with zero attached hydrogens (tertiary/aromatic N) is 3. The van der Waals surface area contributed by atoms with Crippen molar-refractivity contribution in [1.29, 1.82) is 0 Å². The first-order valence-electron chi connectivity index (χ1n) is 7.88. The normalized spacial score (nSPS) is 10.2. The summed E-state index contributed by atoms with van der Waals surface area (Å²) in [6.45, 7) is 2.57. The molecule has 0 unspecified atom stereocenters. The van der Waals surface area contributed by atoms with Crippen LogP contribution in [0, 0.1) is 0 Å². The van der Waals surface area contributed by atoms with Crippen molar-refractivity contribution in [2.24, 2.45) is 0 Å². The summed E-state index contributed by atoms with van der Waals surface area (Å²) >= 11 is 0. The third kappa shape index (κ3) is 3.63. The van der Waals surface area contributed by atoms with Gasteiger partial charge >= 0.3 is 0 Å². The largest absolute Gasteiger partial charge is 0.492 e. The number of benzene rings is 2. The number of hydrogen-bond acceptors (Lipinski definition) is 5. The van der Waals surface area contributed by atoms with E-state index in [0.717, 1.165) is 22.9 Å². The van der Waals surface area contributed by atoms with Crippen molar-refractivity contribution >= 4 is 23.1 Å². The molecule has 3 aromatic rings. The van der Waals surface area contributed by atoms with Gasteiger partial charge < -0.3 is 15.0 Å². The van der Waals surface area contributed by atoms with E-state index >= 15 is 0 Å². The van der Waals surface area contributed by atoms with Gasteiger partial charge in [0.1, 0.15) is 11.6 Å². The van der Waals surface area contributed by atoms with Gasteiger partial charge in [-0.25, -0.2) is 4.98 Å². The molecule has 3 rings (SSSR count). The Balaban J connectivity index is 1.84. The van der Waals surface area contributed by atoms with Crippen LogP contribution in [-0.4, -0.2) is 23.6 Å². The van der Waals surface area contributed by atoms with Crippen LogP contribution >= 0.6 is 0 Å². The Hall–Kier alpha value is -3.08. The molecule has 0 bridgehead atoms. The van der Waals surface area contributed by atoms with Crippen LogP contribution in [0.1, 0.15) is 6.92 Å². The van der Waals surface area contributed by atoms with E-state index in [2.05, 4.69) is 15.3 Å². The molecule has 0 spiro atoms. The molecule has 0 saturated heterocycles. The monoisotopic (exact) mass is 320 g/mol. The standard InChI is InChI=1S/C19H20N4O/c1-3-24-17-12-8-7-11-16(17)21-19-20-14-13-18(22-19)23(2)15-9-5-4-6-10-15/h4-14H,3H2,1-2H3,(H,20,21,22). The second-order valence-electron chi connectivity index (χ2n) is 5.19. The molecule has 0 aliphatic rings. The molecule has 24 heavy (non-hydrogen) atoms. The van der Waals surface area contributed by atoms with Gasteiger partial charge in [0.15, 0.2) is 0 Å². The van der Waals surface area contributed by atoms with Crippen molar-refractivity contribution < 1.29 is 4.74 Å². The first kappa shape index (κ1) is 15.8. The van der Waals surface area contributed by atoms with Gasteiger partial charge in [-0.1, -0.05) is 30.3 Å². The van der Waals surface area contributed by atoms with Crippen LogP contribution in [0.5, 0.6) is 5.75 Å². The quantitative estimate of drug-likeness (QED) is 0.730. The molecule has 5 heteroatoms. The summed E-state index contributed by atoms with van der Waals surface area (Å²) in [5, 5.41) is 3.23. The van der Waals surface area contributed by atoms with Crippen LogP contribution in [-0.2, 0) is 0 Å². The molecule has 5 nitrogen and oxygen atoms in total. The predicted octanol–water partition coefficient (Wildman–Crippen LogP) is 4.39. The summed E-state index contributed by atoms with van der Waals surface area (Å²) in [4.78, 5) is 10.9. The Morgan fingerprint density at radius 3 is 2.54 bits per heavy atom. The van der Waals surface area contributed by atoms with E-state index in [1.54, 1.807) is 6.20 Å². The minimum Gasteiger partial charge on any atom is -0.492 e. The summed E-state index contributed by atoms with van der Waals surface area (Å²) < 4.78 is 5.63. The summed E-state index contributed by atoms with van der Waals surface area (Å²) in [7, 11) is 1.98. The average Bonchev–Trinajstić information content (AvgIpc) is 2.64. The van der Waals surface area contributed by atoms with E-state index in [0.29, 0.717) is 12.6 Å². The molecule has 2 aromatic carbocycles. The molecular formula is C19H20N4O. The molecule has 0 fully saturated rings. The zero-order valence-electron chi connectivity index (χ0n) is 13.8. The maximum absolute atomic E-state index is 5.63. The number of para-hydroxylation sites is 3. The SMILES string of the molecule is CCOc1ccccc1Nc1nccc(N(C)c2ccccc2)n1. The highest BCUT2D eigenvalue weighted by Gasteiger charge is 2.08. The summed E-state index contributed by atoms with van der Waals surface area (Å²) in [6, 6.07) is 19.7. The minimum absolute atomic E-state index is 0.530. The first-order valence-corrected chi connectivity index (χ1v) is 7.88. The summed E-state index contributed by atoms with van der Waals surface area (Å²) in [6.07, 6.45) is 1.74. The molecule has 0 amide bonds. The molecule has 1 aromatic heterocycles. The molecule has 0 atom stereocenters. The van der Waals surface area contributed by atoms with Crippen molar-refractivity contribution in [3.8, 4) is 5.75 Å². The molecule has 0 radical (unpaired) electrons. The fraction of sp³-hybridized carbons (Fsp3) is 0.158. The summed E-state index contributed by atoms with van der Waals surface area (Å²) in [5.41, 5.74) is 1.91. The van der Waals surface area contributed by atoms with Crippen LogP contribution in [0.2, 0.25) is 0 Å². The maximum Gasteiger partial charge on any atom is 0.229 e. The Kier molecular flexibility index (Phi) is 4.91. The van der Waals surface area contributed by atoms with Crippen LogP contribution < -0.4 is 15.0 Å². The Morgan fingerprint density at radius 2 is 1.75 bits per heavy atom. The van der Waals surface area contributed by atoms with E-state index in [1.807, 2.05) is 79.5 Å². The van der Waals surface area contributed by atoms with Gasteiger partial charge in [-0.2, -0.15) is 4.98 Å². The third-order valence-corrected chi connectivity index (χ3v) is 3.56. The van der Waals surface area contributed by atoms with E-state index in [1.165, 1.54) is 0 Å². The lowest BCUT2D eigenvalue weighted by Crippen LogP contribution is -2.12. The molecule has 0 aliphatic carbocycles. The van der Waals surface area contributed by atoms with Gasteiger partial charge in [0.05, 0.1) is 12.3 Å². The van der Waals surface area contributed by atoms with Gasteiger partial charge in [-0.15, -0.1) is 0 Å². The van der Waals surface area contributed by atoms with Crippen molar-refractivity contribution in [2.75, 3.05) is 23.9 Å². The van der Waals surface area contributed by atoms with Gasteiger partial charge in [0.25, 0.3) is 0 Å². The lowest BCUT2D eigenvalue weighted by Gasteiger charge is -2.19. The Morgan fingerprint density at radius 1 is 1.00 bits per heavy atom. The number of hydrogen-bond donors (Lipinski definition) is 1. The molecule has 0 saturated carbocycles. The van der Waals surface area contributed by atoms with Crippen molar-refractivity contribution in [3.05, 3.63) is 66.9 Å². The zero-order chi connectivity index (χ0) is 16.8. The third-order valence-electron chi connectivity index (χ3n) is 3.56. The van der Waals surface area contributed by atoms with Gasteiger partial charge in [-0.3, -0.25) is 0 Å². The number of rotatable bonds is 6. The second kappa shape index (κ2) is 7.46. The molecule has 0 aliphatic heterocycles. The maximum atomic E-state index is 5.63. The molecule has 1 N–H and O–H groups in total. The van der Waals surface area contributed by atoms with Crippen LogP contribution in [0.3, 0.4) is 0 Å². The molecule has 122 valence electrons. The van der Waals surface area contributed by atoms with Crippen molar-refractivity contribution in [1.82, 2.24) is 9.97 Å². The van der Waals surface area contributed by atoms with Crippen LogP contribution in [0.25, 0.3) is 0 Å². The van der Waals surface area contributed by atoms with E-state index < -0.39 is 0 Å². The lowest BCUT2D eigenvalue weighted by molar-refractivity contribution is 0.342. The number of nitrogens with one attached hydrogen (secondary N) is 1. The highest BCUT2D eigenvalue weighted by atomic mass is 16.5. The number of ether oxygens (including phenoxy) is 1. The Bertz CT molecular complexity index is 792. The molecular weight excluding hydrogens is 300 g/mol. The first-order chi connectivity index (χ1) is 11.8. The smallest absolute Gasteiger partial charge is 0.229 e. The highest BCUT2D eigenvalue weighted by molar-refractivity contribution is 5.64. The van der Waals surface area contributed by atoms with Gasteiger partial charge in [0.2, 0.25) is 5.95 Å². The number of anilines is 4. The fourth-order valence-corrected chi connectivity index (χ4v) is 2.35. The van der Waals surface area contributed by atoms with Gasteiger partial charge in [-0.05, 0) is 37.3 Å². The fourth-order valence-electron chi connectivity index (χ4n) is 2.35. The highest BCUT2D eigenvalue weighted by Crippen LogP contribution is 2.27. The Labute approximate surface area is 142 Å². The predicted molar refractivity (Wildman–Crippen MR) is 97.4 cm³/mol. The minimum atomic E-state index is 0.530. The van der Waals surface area contributed by atoms with Crippen LogP contribution in [0.15, 0.2) is 66.9 Å². The van der Waals surface area contributed by atoms with E-state index in [9.17, 15) is 0 Å². The molecule has 1 heterocycles. The average molecular weight is 320 g/mol. The topological polar surface area (TPSA) is 50.3 Å². The van der Waals surface area contributed by atoms with Crippen molar-refractivity contribution in [3.63, 3.8) is 0 Å². The van der Waals surface area contributed by atoms with E-state index in [4.69, 9.17) is 4.74 Å². The zero-order valence-corrected chi connectivity index (χ0v) is 13.8. The van der Waals surface area contributed by atoms with Crippen LogP contribution in [0.4, 0.5) is 23.1 Å². The van der Waals surface area contributed by atoms with Crippen molar-refractivity contribution in [2.45, 2.75) is 6.92 Å². The number of aromatic nitrogens is 2. The van der Waals surface area contributed by atoms with E-state index in [-0.39, 0.29) is 0 Å². The summed E-state index contributed by atoms with van der Waals surface area (Å²) in [5.74, 6) is 2.13. The lowest BCUT2D eigenvalue weighted by atomic mass is 10.3. The van der Waals surface area contributed by atoms with Gasteiger partial charge in [0, 0.05) is 18.9 Å².